The summed E-state index contributed by atoms with van der Waals surface area (Å²) in [6.45, 7) is 6.84. The molecule has 3 heteroatoms. The summed E-state index contributed by atoms with van der Waals surface area (Å²) in [4.78, 5) is 5.03. The molecular weight excluding hydrogens is 308 g/mol. The number of aryl methyl sites for hydroxylation is 2. The highest BCUT2D eigenvalue weighted by molar-refractivity contribution is 5.44. The quantitative estimate of drug-likeness (QED) is 0.934. The Morgan fingerprint density at radius 3 is 1.92 bits per heavy atom. The molecule has 132 valence electrons. The van der Waals surface area contributed by atoms with Gasteiger partial charge in [-0.3, -0.25) is 9.80 Å². The second-order valence-electron chi connectivity index (χ2n) is 7.49. The van der Waals surface area contributed by atoms with Gasteiger partial charge >= 0.3 is 0 Å². The molecule has 0 bridgehead atoms. The number of benzene rings is 2. The van der Waals surface area contributed by atoms with Gasteiger partial charge in [-0.05, 0) is 42.0 Å². The molecule has 2 aromatic rings. The van der Waals surface area contributed by atoms with Crippen molar-refractivity contribution in [2.24, 2.45) is 0 Å². The van der Waals surface area contributed by atoms with Crippen LogP contribution in [0.15, 0.2) is 48.5 Å². The molecule has 1 heterocycles. The molecule has 1 fully saturated rings. The Morgan fingerprint density at radius 1 is 0.880 bits per heavy atom. The Bertz CT molecular complexity index is 672. The number of nitrogens with zero attached hydrogens (tertiary/aromatic N) is 2. The van der Waals surface area contributed by atoms with Gasteiger partial charge < -0.3 is 5.11 Å². The van der Waals surface area contributed by atoms with Crippen LogP contribution in [0.25, 0.3) is 0 Å². The van der Waals surface area contributed by atoms with Crippen molar-refractivity contribution in [1.82, 2.24) is 9.80 Å². The van der Waals surface area contributed by atoms with Gasteiger partial charge in [-0.15, -0.1) is 0 Å². The maximum Gasteiger partial charge on any atom is 0.0639 e. The number of hydrogen-bond acceptors (Lipinski definition) is 3. The summed E-state index contributed by atoms with van der Waals surface area (Å²) in [5, 5.41) is 9.66. The molecule has 2 aromatic carbocycles. The van der Waals surface area contributed by atoms with Crippen molar-refractivity contribution in [2.75, 3.05) is 32.7 Å². The molecule has 25 heavy (non-hydrogen) atoms. The summed E-state index contributed by atoms with van der Waals surface area (Å²) in [5.74, 6) is 0. The van der Waals surface area contributed by atoms with E-state index in [1.54, 1.807) is 0 Å². The topological polar surface area (TPSA) is 26.7 Å². The predicted molar refractivity (Wildman–Crippen MR) is 102 cm³/mol. The number of aliphatic hydroxyl groups excluding tert-OH is 1. The Balaban J connectivity index is 1.65. The van der Waals surface area contributed by atoms with Gasteiger partial charge in [0, 0.05) is 32.7 Å². The van der Waals surface area contributed by atoms with Crippen LogP contribution in [0.4, 0.5) is 0 Å². The maximum absolute atomic E-state index is 9.66. The molecule has 1 N–H and O–H groups in total. The van der Waals surface area contributed by atoms with Crippen LogP contribution in [0.3, 0.4) is 0 Å². The fourth-order valence-corrected chi connectivity index (χ4v) is 4.47. The SMILES string of the molecule is CC(O)CN1CCN(C2c3ccccc3CCc3ccccc32)CC1. The minimum Gasteiger partial charge on any atom is -0.392 e. The molecule has 1 unspecified atom stereocenters. The van der Waals surface area contributed by atoms with Gasteiger partial charge in [0.25, 0.3) is 0 Å². The molecule has 4 rings (SSSR count). The van der Waals surface area contributed by atoms with Gasteiger partial charge in [-0.2, -0.15) is 0 Å². The van der Waals surface area contributed by atoms with E-state index in [0.29, 0.717) is 6.04 Å². The van der Waals surface area contributed by atoms with Crippen LogP contribution in [0, 0.1) is 0 Å². The van der Waals surface area contributed by atoms with Gasteiger partial charge in [0.05, 0.1) is 12.1 Å². The first-order valence-corrected chi connectivity index (χ1v) is 9.52. The summed E-state index contributed by atoms with van der Waals surface area (Å²) in [6.07, 6.45) is 2.02. The van der Waals surface area contributed by atoms with Gasteiger partial charge in [0.2, 0.25) is 0 Å². The monoisotopic (exact) mass is 336 g/mol. The van der Waals surface area contributed by atoms with E-state index in [1.807, 2.05) is 6.92 Å². The zero-order chi connectivity index (χ0) is 17.2. The fourth-order valence-electron chi connectivity index (χ4n) is 4.47. The lowest BCUT2D eigenvalue weighted by Gasteiger charge is -2.40. The Morgan fingerprint density at radius 2 is 1.40 bits per heavy atom. The standard InChI is InChI=1S/C22H28N2O/c1-17(25)16-23-12-14-24(15-13-23)22-20-8-4-2-6-18(20)10-11-19-7-3-5-9-21(19)22/h2-9,17,22,25H,10-16H2,1H3. The van der Waals surface area contributed by atoms with Crippen molar-refractivity contribution >= 4 is 0 Å². The highest BCUT2D eigenvalue weighted by atomic mass is 16.3. The van der Waals surface area contributed by atoms with Gasteiger partial charge in [0.15, 0.2) is 0 Å². The normalized spacial score (nSPS) is 20.6. The number of rotatable bonds is 3. The van der Waals surface area contributed by atoms with E-state index in [-0.39, 0.29) is 6.10 Å². The predicted octanol–water partition coefficient (Wildman–Crippen LogP) is 2.87. The van der Waals surface area contributed by atoms with Crippen molar-refractivity contribution in [3.05, 3.63) is 70.8 Å². The largest absolute Gasteiger partial charge is 0.392 e. The average molecular weight is 336 g/mol. The minimum atomic E-state index is -0.245. The zero-order valence-corrected chi connectivity index (χ0v) is 15.1. The van der Waals surface area contributed by atoms with Crippen molar-refractivity contribution in [2.45, 2.75) is 31.9 Å². The highest BCUT2D eigenvalue weighted by Crippen LogP contribution is 2.37. The molecule has 3 nitrogen and oxygen atoms in total. The smallest absolute Gasteiger partial charge is 0.0639 e. The van der Waals surface area contributed by atoms with Gasteiger partial charge in [-0.1, -0.05) is 48.5 Å². The first-order valence-electron chi connectivity index (χ1n) is 9.52. The number of β-amino-alcohol motifs (C(OH)–C–C–N with tert-alkyl or cyclic N) is 1. The van der Waals surface area contributed by atoms with Crippen LogP contribution in [-0.2, 0) is 12.8 Å². The molecule has 1 atom stereocenters. The molecule has 1 aliphatic carbocycles. The second-order valence-corrected chi connectivity index (χ2v) is 7.49. The zero-order valence-electron chi connectivity index (χ0n) is 15.1. The van der Waals surface area contributed by atoms with E-state index in [1.165, 1.54) is 22.3 Å². The lowest BCUT2D eigenvalue weighted by molar-refractivity contribution is 0.0692. The lowest BCUT2D eigenvalue weighted by atomic mass is 9.92. The van der Waals surface area contributed by atoms with Crippen LogP contribution in [-0.4, -0.2) is 53.7 Å². The van der Waals surface area contributed by atoms with Gasteiger partial charge in [0.1, 0.15) is 0 Å². The van der Waals surface area contributed by atoms with E-state index >= 15 is 0 Å². The first kappa shape index (κ1) is 16.8. The number of piperazine rings is 1. The van der Waals surface area contributed by atoms with E-state index < -0.39 is 0 Å². The molecule has 2 aliphatic rings. The third-order valence-corrected chi connectivity index (χ3v) is 5.66. The Kier molecular flexibility index (Phi) is 4.89. The van der Waals surface area contributed by atoms with Crippen LogP contribution >= 0.6 is 0 Å². The minimum absolute atomic E-state index is 0.245. The molecule has 0 spiro atoms. The van der Waals surface area contributed by atoms with Gasteiger partial charge in [-0.25, -0.2) is 0 Å². The molecule has 0 saturated carbocycles. The Labute approximate surface area is 150 Å². The van der Waals surface area contributed by atoms with E-state index in [4.69, 9.17) is 0 Å². The number of aliphatic hydroxyl groups is 1. The van der Waals surface area contributed by atoms with Crippen molar-refractivity contribution in [3.63, 3.8) is 0 Å². The summed E-state index contributed by atoms with van der Waals surface area (Å²) < 4.78 is 0. The van der Waals surface area contributed by atoms with Crippen molar-refractivity contribution < 1.29 is 5.11 Å². The third kappa shape index (κ3) is 3.50. The van der Waals surface area contributed by atoms with E-state index in [0.717, 1.165) is 45.6 Å². The molecule has 0 radical (unpaired) electrons. The third-order valence-electron chi connectivity index (χ3n) is 5.66. The van der Waals surface area contributed by atoms with E-state index in [9.17, 15) is 5.11 Å². The fraction of sp³-hybridized carbons (Fsp3) is 0.455. The number of fused-ring (bicyclic) bond motifs is 2. The molecule has 1 aliphatic heterocycles. The molecular formula is C22H28N2O. The van der Waals surface area contributed by atoms with Crippen molar-refractivity contribution in [3.8, 4) is 0 Å². The molecule has 0 aromatic heterocycles. The summed E-state index contributed by atoms with van der Waals surface area (Å²) in [7, 11) is 0. The highest BCUT2D eigenvalue weighted by Gasteiger charge is 2.30. The van der Waals surface area contributed by atoms with Crippen LogP contribution < -0.4 is 0 Å². The maximum atomic E-state index is 9.66. The number of hydrogen-bond donors (Lipinski definition) is 1. The summed E-state index contributed by atoms with van der Waals surface area (Å²) in [6, 6.07) is 18.3. The summed E-state index contributed by atoms with van der Waals surface area (Å²) in [5.41, 5.74) is 5.96. The van der Waals surface area contributed by atoms with Crippen LogP contribution in [0.2, 0.25) is 0 Å². The molecule has 1 saturated heterocycles. The molecule has 0 amide bonds. The van der Waals surface area contributed by atoms with E-state index in [2.05, 4.69) is 58.3 Å². The second kappa shape index (κ2) is 7.28. The van der Waals surface area contributed by atoms with Crippen molar-refractivity contribution in [1.29, 1.82) is 0 Å². The summed E-state index contributed by atoms with van der Waals surface area (Å²) >= 11 is 0. The lowest BCUT2D eigenvalue weighted by Crippen LogP contribution is -2.49. The Hall–Kier alpha value is -1.68. The van der Waals surface area contributed by atoms with Crippen LogP contribution in [0.1, 0.15) is 35.2 Å². The first-order chi connectivity index (χ1) is 12.2. The van der Waals surface area contributed by atoms with Crippen LogP contribution in [0.5, 0.6) is 0 Å². The average Bonchev–Trinajstić information content (AvgIpc) is 2.79.